The average Bonchev–Trinajstić information content (AvgIpc) is 2.79. The van der Waals surface area contributed by atoms with E-state index in [1.165, 1.54) is 0 Å². The molecule has 4 rings (SSSR count). The number of para-hydroxylation sites is 1. The molecule has 19 heavy (non-hydrogen) atoms. The topological polar surface area (TPSA) is 13.1 Å². The van der Waals surface area contributed by atoms with E-state index in [0.717, 1.165) is 37.2 Å². The second kappa shape index (κ2) is 3.99. The van der Waals surface area contributed by atoms with E-state index < -0.39 is 0 Å². The Morgan fingerprint density at radius 3 is 2.68 bits per heavy atom. The third-order valence-corrected chi connectivity index (χ3v) is 4.33. The predicted octanol–water partition coefficient (Wildman–Crippen LogP) is 6.16. The summed E-state index contributed by atoms with van der Waals surface area (Å²) in [6, 6.07) is 16.1. The summed E-state index contributed by atoms with van der Waals surface area (Å²) in [6.45, 7) is 0. The molecule has 0 N–H and O–H groups in total. The van der Waals surface area contributed by atoms with Crippen molar-refractivity contribution >= 4 is 60.2 Å². The van der Waals surface area contributed by atoms with E-state index >= 15 is 0 Å². The van der Waals surface area contributed by atoms with Crippen molar-refractivity contribution in [3.05, 3.63) is 58.0 Å². The summed E-state index contributed by atoms with van der Waals surface area (Å²) in [5, 5.41) is 5.07. The maximum absolute atomic E-state index is 6.35. The van der Waals surface area contributed by atoms with Gasteiger partial charge in [-0.1, -0.05) is 57.9 Å². The lowest BCUT2D eigenvalue weighted by Gasteiger charge is -2.03. The van der Waals surface area contributed by atoms with Crippen molar-refractivity contribution in [1.29, 1.82) is 0 Å². The van der Waals surface area contributed by atoms with Gasteiger partial charge in [-0.25, -0.2) is 0 Å². The number of rotatable bonds is 0. The highest BCUT2D eigenvalue weighted by atomic mass is 79.9. The van der Waals surface area contributed by atoms with Crippen LogP contribution in [0.25, 0.3) is 32.7 Å². The fourth-order valence-corrected chi connectivity index (χ4v) is 3.42. The molecule has 0 unspecified atom stereocenters. The van der Waals surface area contributed by atoms with Crippen LogP contribution in [0, 0.1) is 0 Å². The second-order valence-electron chi connectivity index (χ2n) is 4.50. The Morgan fingerprint density at radius 1 is 0.947 bits per heavy atom. The van der Waals surface area contributed by atoms with Gasteiger partial charge in [0.05, 0.1) is 5.02 Å². The quantitative estimate of drug-likeness (QED) is 0.376. The van der Waals surface area contributed by atoms with Crippen LogP contribution in [-0.4, -0.2) is 0 Å². The molecule has 0 fully saturated rings. The van der Waals surface area contributed by atoms with E-state index in [0.29, 0.717) is 5.02 Å². The molecule has 3 aromatic carbocycles. The first-order valence-corrected chi connectivity index (χ1v) is 7.11. The van der Waals surface area contributed by atoms with E-state index in [1.807, 2.05) is 36.4 Å². The van der Waals surface area contributed by atoms with E-state index in [9.17, 15) is 0 Å². The molecule has 1 heterocycles. The Labute approximate surface area is 122 Å². The monoisotopic (exact) mass is 330 g/mol. The van der Waals surface area contributed by atoms with Gasteiger partial charge in [-0.05, 0) is 23.6 Å². The van der Waals surface area contributed by atoms with Gasteiger partial charge in [0.15, 0.2) is 5.58 Å². The largest absolute Gasteiger partial charge is 0.454 e. The number of furan rings is 1. The summed E-state index contributed by atoms with van der Waals surface area (Å²) in [7, 11) is 0. The molecule has 0 aliphatic rings. The van der Waals surface area contributed by atoms with Gasteiger partial charge in [-0.2, -0.15) is 0 Å². The Hall–Kier alpha value is -1.51. The highest BCUT2D eigenvalue weighted by Crippen LogP contribution is 2.41. The normalized spacial score (nSPS) is 11.7. The van der Waals surface area contributed by atoms with Crippen LogP contribution < -0.4 is 0 Å². The van der Waals surface area contributed by atoms with Crippen molar-refractivity contribution < 1.29 is 4.42 Å². The number of fused-ring (bicyclic) bond motifs is 5. The number of halogens is 2. The first kappa shape index (κ1) is 11.3. The minimum absolute atomic E-state index is 0.650. The highest BCUT2D eigenvalue weighted by molar-refractivity contribution is 9.10. The fourth-order valence-electron chi connectivity index (χ4n) is 2.59. The molecule has 0 aliphatic heterocycles. The highest BCUT2D eigenvalue weighted by Gasteiger charge is 2.15. The maximum Gasteiger partial charge on any atom is 0.154 e. The second-order valence-corrected chi connectivity index (χ2v) is 5.76. The molecule has 4 aromatic rings. The van der Waals surface area contributed by atoms with Crippen LogP contribution in [0.4, 0.5) is 0 Å². The van der Waals surface area contributed by atoms with Crippen LogP contribution >= 0.6 is 27.5 Å². The van der Waals surface area contributed by atoms with Crippen LogP contribution in [0.1, 0.15) is 0 Å². The van der Waals surface area contributed by atoms with Crippen LogP contribution in [0.5, 0.6) is 0 Å². The molecule has 0 radical (unpaired) electrons. The standard InChI is InChI=1S/C16H8BrClO/c17-11-6-3-4-9-8-12(18)16-15(14(9)11)10-5-1-2-7-13(10)19-16/h1-8H. The molecule has 92 valence electrons. The van der Waals surface area contributed by atoms with Gasteiger partial charge in [0, 0.05) is 20.6 Å². The molecule has 0 saturated carbocycles. The molecule has 0 atom stereocenters. The van der Waals surface area contributed by atoms with Crippen molar-refractivity contribution in [2.45, 2.75) is 0 Å². The van der Waals surface area contributed by atoms with Crippen molar-refractivity contribution in [1.82, 2.24) is 0 Å². The third-order valence-electron chi connectivity index (χ3n) is 3.39. The molecule has 3 heteroatoms. The van der Waals surface area contributed by atoms with Gasteiger partial charge in [0.25, 0.3) is 0 Å². The lowest BCUT2D eigenvalue weighted by atomic mass is 10.0. The van der Waals surface area contributed by atoms with Crippen molar-refractivity contribution in [3.8, 4) is 0 Å². The maximum atomic E-state index is 6.35. The molecule has 1 nitrogen and oxygen atoms in total. The van der Waals surface area contributed by atoms with Gasteiger partial charge in [-0.3, -0.25) is 0 Å². The van der Waals surface area contributed by atoms with Crippen LogP contribution in [0.2, 0.25) is 5.02 Å². The Kier molecular flexibility index (Phi) is 2.38. The van der Waals surface area contributed by atoms with Crippen molar-refractivity contribution in [2.24, 2.45) is 0 Å². The Bertz CT molecular complexity index is 940. The summed E-state index contributed by atoms with van der Waals surface area (Å²) < 4.78 is 6.95. The number of hydrogen-bond acceptors (Lipinski definition) is 1. The van der Waals surface area contributed by atoms with E-state index in [1.54, 1.807) is 0 Å². The zero-order chi connectivity index (χ0) is 13.0. The molecule has 0 spiro atoms. The molecule has 0 bridgehead atoms. The van der Waals surface area contributed by atoms with Gasteiger partial charge < -0.3 is 4.42 Å². The summed E-state index contributed by atoms with van der Waals surface area (Å²) >= 11 is 9.98. The molecule has 0 aliphatic carbocycles. The minimum atomic E-state index is 0.650. The average molecular weight is 332 g/mol. The molecular formula is C16H8BrClO. The smallest absolute Gasteiger partial charge is 0.154 e. The summed E-state index contributed by atoms with van der Waals surface area (Å²) in [5.41, 5.74) is 1.62. The van der Waals surface area contributed by atoms with E-state index in [-0.39, 0.29) is 0 Å². The zero-order valence-electron chi connectivity index (χ0n) is 9.78. The molecule has 1 aromatic heterocycles. The van der Waals surface area contributed by atoms with Gasteiger partial charge in [0.2, 0.25) is 0 Å². The number of benzene rings is 3. The van der Waals surface area contributed by atoms with Gasteiger partial charge >= 0.3 is 0 Å². The van der Waals surface area contributed by atoms with Gasteiger partial charge in [-0.15, -0.1) is 0 Å². The third kappa shape index (κ3) is 1.54. The van der Waals surface area contributed by atoms with Crippen molar-refractivity contribution in [2.75, 3.05) is 0 Å². The summed E-state index contributed by atoms with van der Waals surface area (Å²) in [6.07, 6.45) is 0. The van der Waals surface area contributed by atoms with Crippen LogP contribution in [-0.2, 0) is 0 Å². The van der Waals surface area contributed by atoms with Crippen molar-refractivity contribution in [3.63, 3.8) is 0 Å². The molecule has 0 saturated heterocycles. The van der Waals surface area contributed by atoms with Crippen LogP contribution in [0.3, 0.4) is 0 Å². The minimum Gasteiger partial charge on any atom is -0.454 e. The fraction of sp³-hybridized carbons (Fsp3) is 0. The predicted molar refractivity (Wildman–Crippen MR) is 83.9 cm³/mol. The summed E-state index contributed by atoms with van der Waals surface area (Å²) in [4.78, 5) is 0. The Balaban J connectivity index is 2.43. The lowest BCUT2D eigenvalue weighted by Crippen LogP contribution is -1.78. The van der Waals surface area contributed by atoms with E-state index in [2.05, 4.69) is 28.1 Å². The Morgan fingerprint density at radius 2 is 1.79 bits per heavy atom. The van der Waals surface area contributed by atoms with E-state index in [4.69, 9.17) is 16.0 Å². The summed E-state index contributed by atoms with van der Waals surface area (Å²) in [5.74, 6) is 0. The molecular weight excluding hydrogens is 324 g/mol. The first-order chi connectivity index (χ1) is 9.25. The lowest BCUT2D eigenvalue weighted by molar-refractivity contribution is 0.669. The van der Waals surface area contributed by atoms with Crippen LogP contribution in [0.15, 0.2) is 57.4 Å². The number of hydrogen-bond donors (Lipinski definition) is 0. The van der Waals surface area contributed by atoms with Gasteiger partial charge in [0.1, 0.15) is 5.58 Å². The first-order valence-electron chi connectivity index (χ1n) is 5.93. The molecule has 0 amide bonds. The SMILES string of the molecule is Clc1cc2cccc(Br)c2c2c1oc1ccccc12. The zero-order valence-corrected chi connectivity index (χ0v) is 12.1.